The first-order valence-electron chi connectivity index (χ1n) is 7.96. The summed E-state index contributed by atoms with van der Waals surface area (Å²) in [4.78, 5) is 24.5. The van der Waals surface area contributed by atoms with Crippen molar-refractivity contribution in [3.63, 3.8) is 0 Å². The quantitative estimate of drug-likeness (QED) is 0.467. The normalized spacial score (nSPS) is 15.4. The molecule has 0 aromatic heterocycles. The van der Waals surface area contributed by atoms with Crippen molar-refractivity contribution >= 4 is 62.2 Å². The number of hydrogen-bond donors (Lipinski definition) is 0. The van der Waals surface area contributed by atoms with Gasteiger partial charge in [0.25, 0.3) is 5.91 Å². The van der Waals surface area contributed by atoms with Crippen LogP contribution in [0.25, 0.3) is 6.08 Å². The first-order chi connectivity index (χ1) is 13.3. The fourth-order valence-corrected chi connectivity index (χ4v) is 4.07. The maximum absolute atomic E-state index is 13.8. The lowest BCUT2D eigenvalue weighted by molar-refractivity contribution is -0.305. The van der Waals surface area contributed by atoms with E-state index in [1.807, 2.05) is 0 Å². The number of amides is 1. The van der Waals surface area contributed by atoms with E-state index in [-0.39, 0.29) is 21.6 Å². The topological polar surface area (TPSA) is 69.7 Å². The summed E-state index contributed by atoms with van der Waals surface area (Å²) in [6, 6.07) is 11.5. The number of carboxylic acid groups (broad SMARTS) is 1. The summed E-state index contributed by atoms with van der Waals surface area (Å²) < 4.78 is 20.4. The summed E-state index contributed by atoms with van der Waals surface area (Å²) >= 11 is 9.43. The number of aliphatic carboxylic acids is 1. The van der Waals surface area contributed by atoms with Gasteiger partial charge in [0.1, 0.15) is 22.5 Å². The Kier molecular flexibility index (Phi) is 6.48. The molecule has 1 saturated heterocycles. The molecule has 1 amide bonds. The highest BCUT2D eigenvalue weighted by atomic mass is 79.9. The van der Waals surface area contributed by atoms with Crippen LogP contribution >= 0.6 is 39.9 Å². The first kappa shape index (κ1) is 20.5. The van der Waals surface area contributed by atoms with E-state index in [1.165, 1.54) is 6.07 Å². The highest BCUT2D eigenvalue weighted by molar-refractivity contribution is 9.10. The largest absolute Gasteiger partial charge is 0.548 e. The summed E-state index contributed by atoms with van der Waals surface area (Å²) in [5, 5.41) is 10.8. The number of benzene rings is 2. The number of nitrogens with zero attached hydrogens (tertiary/aromatic N) is 1. The van der Waals surface area contributed by atoms with Gasteiger partial charge in [0.05, 0.1) is 17.4 Å². The molecule has 0 N–H and O–H groups in total. The Bertz CT molecular complexity index is 996. The fourth-order valence-electron chi connectivity index (χ4n) is 2.44. The molecule has 1 fully saturated rings. The van der Waals surface area contributed by atoms with Crippen molar-refractivity contribution in [1.29, 1.82) is 0 Å². The number of thiocarbonyl (C=S) groups is 1. The van der Waals surface area contributed by atoms with Crippen LogP contribution in [0, 0.1) is 5.82 Å². The van der Waals surface area contributed by atoms with Crippen LogP contribution in [0.5, 0.6) is 5.75 Å². The molecule has 0 unspecified atom stereocenters. The molecule has 2 aromatic rings. The van der Waals surface area contributed by atoms with Crippen molar-refractivity contribution in [2.75, 3.05) is 6.54 Å². The number of hydrogen-bond acceptors (Lipinski definition) is 6. The van der Waals surface area contributed by atoms with Crippen molar-refractivity contribution in [3.8, 4) is 5.75 Å². The minimum absolute atomic E-state index is 0.0147. The highest BCUT2D eigenvalue weighted by Gasteiger charge is 2.32. The first-order valence-corrected chi connectivity index (χ1v) is 9.98. The molecule has 1 aliphatic rings. The minimum Gasteiger partial charge on any atom is -0.548 e. The second-order valence-corrected chi connectivity index (χ2v) is 8.29. The maximum atomic E-state index is 13.8. The Morgan fingerprint density at radius 1 is 1.32 bits per heavy atom. The fraction of sp³-hybridized carbons (Fsp3) is 0.105. The molecule has 1 heterocycles. The molecule has 0 bridgehead atoms. The monoisotopic (exact) mass is 480 g/mol. The summed E-state index contributed by atoms with van der Waals surface area (Å²) in [5.41, 5.74) is 0.969. The predicted molar refractivity (Wildman–Crippen MR) is 110 cm³/mol. The Labute approximate surface area is 178 Å². The Hall–Kier alpha value is -2.23. The van der Waals surface area contributed by atoms with Crippen LogP contribution in [0.4, 0.5) is 4.39 Å². The predicted octanol–water partition coefficient (Wildman–Crippen LogP) is 3.12. The van der Waals surface area contributed by atoms with Crippen LogP contribution < -0.4 is 9.84 Å². The zero-order valence-corrected chi connectivity index (χ0v) is 17.4. The molecular weight excluding hydrogens is 469 g/mol. The smallest absolute Gasteiger partial charge is 0.266 e. The number of carbonyl (C=O) groups is 2. The summed E-state index contributed by atoms with van der Waals surface area (Å²) in [7, 11) is 0. The standard InChI is InChI=1S/C19H13BrFNO4S2/c20-13-5-6-15(26-10-11-3-1-2-4-14(11)21)12(7-13)8-16-18(25)22(9-17(23)24)19(27)28-16/h1-8H,9-10H2,(H,23,24)/p-1/b16-8-. The Balaban J connectivity index is 1.86. The van der Waals surface area contributed by atoms with Gasteiger partial charge in [-0.05, 0) is 30.3 Å². The van der Waals surface area contributed by atoms with Crippen molar-refractivity contribution < 1.29 is 23.8 Å². The van der Waals surface area contributed by atoms with E-state index in [1.54, 1.807) is 42.5 Å². The number of ether oxygens (including phenoxy) is 1. The van der Waals surface area contributed by atoms with E-state index < -0.39 is 18.4 Å². The van der Waals surface area contributed by atoms with Gasteiger partial charge in [-0.3, -0.25) is 9.69 Å². The molecular formula is C19H12BrFNO4S2-. The third-order valence-electron chi connectivity index (χ3n) is 3.76. The number of thioether (sulfide) groups is 1. The average Bonchev–Trinajstić information content (AvgIpc) is 2.89. The van der Waals surface area contributed by atoms with Gasteiger partial charge in [-0.1, -0.05) is 58.1 Å². The molecule has 1 aliphatic heterocycles. The van der Waals surface area contributed by atoms with Gasteiger partial charge >= 0.3 is 0 Å². The van der Waals surface area contributed by atoms with Crippen LogP contribution in [0.1, 0.15) is 11.1 Å². The lowest BCUT2D eigenvalue weighted by Crippen LogP contribution is -2.40. The van der Waals surface area contributed by atoms with E-state index in [4.69, 9.17) is 17.0 Å². The molecule has 28 heavy (non-hydrogen) atoms. The van der Waals surface area contributed by atoms with E-state index in [2.05, 4.69) is 15.9 Å². The van der Waals surface area contributed by atoms with Crippen molar-refractivity contribution in [2.24, 2.45) is 0 Å². The summed E-state index contributed by atoms with van der Waals surface area (Å²) in [6.07, 6.45) is 1.57. The number of halogens is 2. The molecule has 0 spiro atoms. The number of carbonyl (C=O) groups excluding carboxylic acids is 2. The highest BCUT2D eigenvalue weighted by Crippen LogP contribution is 2.35. The van der Waals surface area contributed by atoms with E-state index >= 15 is 0 Å². The van der Waals surface area contributed by atoms with Gasteiger partial charge in [-0.2, -0.15) is 0 Å². The third-order valence-corrected chi connectivity index (χ3v) is 5.63. The van der Waals surface area contributed by atoms with E-state index in [9.17, 15) is 19.1 Å². The summed E-state index contributed by atoms with van der Waals surface area (Å²) in [6.45, 7) is -0.585. The molecule has 0 aliphatic carbocycles. The Morgan fingerprint density at radius 2 is 2.07 bits per heavy atom. The van der Waals surface area contributed by atoms with Gasteiger partial charge in [0.15, 0.2) is 0 Å². The molecule has 5 nitrogen and oxygen atoms in total. The van der Waals surface area contributed by atoms with Crippen LogP contribution in [-0.4, -0.2) is 27.6 Å². The molecule has 9 heteroatoms. The number of carboxylic acids is 1. The lowest BCUT2D eigenvalue weighted by atomic mass is 10.1. The van der Waals surface area contributed by atoms with Crippen LogP contribution in [0.15, 0.2) is 51.8 Å². The minimum atomic E-state index is -1.39. The van der Waals surface area contributed by atoms with Crippen LogP contribution in [-0.2, 0) is 16.2 Å². The summed E-state index contributed by atoms with van der Waals surface area (Å²) in [5.74, 6) is -1.84. The molecule has 0 saturated carbocycles. The van der Waals surface area contributed by atoms with E-state index in [0.717, 1.165) is 21.1 Å². The lowest BCUT2D eigenvalue weighted by Gasteiger charge is -2.14. The molecule has 3 rings (SSSR count). The van der Waals surface area contributed by atoms with Gasteiger partial charge in [-0.25, -0.2) is 4.39 Å². The Morgan fingerprint density at radius 3 is 2.79 bits per heavy atom. The molecule has 0 radical (unpaired) electrons. The van der Waals surface area contributed by atoms with Crippen molar-refractivity contribution in [3.05, 3.63) is 68.8 Å². The molecule has 2 aromatic carbocycles. The zero-order valence-electron chi connectivity index (χ0n) is 14.2. The maximum Gasteiger partial charge on any atom is 0.266 e. The number of rotatable bonds is 6. The second-order valence-electron chi connectivity index (χ2n) is 5.70. The second kappa shape index (κ2) is 8.85. The van der Waals surface area contributed by atoms with Crippen molar-refractivity contribution in [2.45, 2.75) is 6.61 Å². The van der Waals surface area contributed by atoms with E-state index in [0.29, 0.717) is 16.9 Å². The molecule has 144 valence electrons. The van der Waals surface area contributed by atoms with Crippen LogP contribution in [0.3, 0.4) is 0 Å². The van der Waals surface area contributed by atoms with Gasteiger partial charge < -0.3 is 14.6 Å². The van der Waals surface area contributed by atoms with Crippen molar-refractivity contribution in [1.82, 2.24) is 4.90 Å². The molecule has 0 atom stereocenters. The average molecular weight is 481 g/mol. The SMILES string of the molecule is O=C([O-])CN1C(=O)/C(=C/c2cc(Br)ccc2OCc2ccccc2F)SC1=S. The van der Waals surface area contributed by atoms with Crippen LogP contribution in [0.2, 0.25) is 0 Å². The zero-order chi connectivity index (χ0) is 20.3. The van der Waals surface area contributed by atoms with Gasteiger partial charge in [-0.15, -0.1) is 0 Å². The van der Waals surface area contributed by atoms with Gasteiger partial charge in [0.2, 0.25) is 0 Å². The van der Waals surface area contributed by atoms with Gasteiger partial charge in [0, 0.05) is 15.6 Å². The third kappa shape index (κ3) is 4.78.